The van der Waals surface area contributed by atoms with Gasteiger partial charge in [0.15, 0.2) is 6.29 Å². The third kappa shape index (κ3) is 4.67. The Morgan fingerprint density at radius 2 is 1.83 bits per heavy atom. The zero-order valence-corrected chi connectivity index (χ0v) is 21.0. The van der Waals surface area contributed by atoms with E-state index in [0.29, 0.717) is 12.8 Å². The molecule has 4 fully saturated rings. The lowest BCUT2D eigenvalue weighted by molar-refractivity contribution is -0.313. The Morgan fingerprint density at radius 3 is 2.47 bits per heavy atom. The van der Waals surface area contributed by atoms with Crippen molar-refractivity contribution in [3.05, 3.63) is 23.8 Å². The Bertz CT molecular complexity index is 873. The summed E-state index contributed by atoms with van der Waals surface area (Å²) in [6.07, 6.45) is -3.42. The van der Waals surface area contributed by atoms with E-state index in [2.05, 4.69) is 13.5 Å². The minimum atomic E-state index is -1.54. The van der Waals surface area contributed by atoms with Crippen molar-refractivity contribution in [2.75, 3.05) is 19.8 Å². The highest BCUT2D eigenvalue weighted by Gasteiger charge is 2.58. The number of hydrogen-bond acceptors (Lipinski definition) is 10. The maximum atomic E-state index is 12.0. The second-order valence-corrected chi connectivity index (χ2v) is 11.4. The van der Waals surface area contributed by atoms with Crippen LogP contribution in [0.15, 0.2) is 23.8 Å². The summed E-state index contributed by atoms with van der Waals surface area (Å²) in [4.78, 5) is 12.0. The summed E-state index contributed by atoms with van der Waals surface area (Å²) in [6, 6.07) is 0. The van der Waals surface area contributed by atoms with Gasteiger partial charge in [-0.05, 0) is 49.4 Å². The lowest BCUT2D eigenvalue weighted by Crippen LogP contribution is -2.61. The number of ether oxygens (including phenoxy) is 3. The van der Waals surface area contributed by atoms with E-state index in [9.17, 15) is 35.4 Å². The number of esters is 1. The van der Waals surface area contributed by atoms with Gasteiger partial charge in [0.2, 0.25) is 0 Å². The van der Waals surface area contributed by atoms with Gasteiger partial charge in [-0.1, -0.05) is 32.1 Å². The molecule has 2 saturated carbocycles. The van der Waals surface area contributed by atoms with Crippen molar-refractivity contribution in [3.63, 3.8) is 0 Å². The summed E-state index contributed by atoms with van der Waals surface area (Å²) in [5.74, 6) is -0.473. The van der Waals surface area contributed by atoms with Gasteiger partial charge in [-0.3, -0.25) is 0 Å². The van der Waals surface area contributed by atoms with E-state index in [1.807, 2.05) is 6.92 Å². The van der Waals surface area contributed by atoms with Gasteiger partial charge in [-0.25, -0.2) is 4.79 Å². The van der Waals surface area contributed by atoms with Gasteiger partial charge in [-0.2, -0.15) is 0 Å². The van der Waals surface area contributed by atoms with Crippen LogP contribution in [0.4, 0.5) is 0 Å². The highest BCUT2D eigenvalue weighted by atomic mass is 16.7. The van der Waals surface area contributed by atoms with E-state index in [4.69, 9.17) is 14.2 Å². The van der Waals surface area contributed by atoms with Crippen LogP contribution in [0.1, 0.15) is 46.0 Å². The number of rotatable bonds is 6. The topological polar surface area (TPSA) is 166 Å². The summed E-state index contributed by atoms with van der Waals surface area (Å²) in [5.41, 5.74) is 0.356. The highest BCUT2D eigenvalue weighted by molar-refractivity contribution is 5.91. The molecule has 11 atom stereocenters. The summed E-state index contributed by atoms with van der Waals surface area (Å²) in [6.45, 7) is 7.89. The van der Waals surface area contributed by atoms with Crippen LogP contribution < -0.4 is 0 Å². The zero-order chi connectivity index (χ0) is 26.4. The van der Waals surface area contributed by atoms with Gasteiger partial charge in [0.1, 0.15) is 37.1 Å². The molecule has 0 aromatic carbocycles. The molecule has 10 nitrogen and oxygen atoms in total. The van der Waals surface area contributed by atoms with Crippen LogP contribution in [-0.4, -0.2) is 99.3 Å². The largest absolute Gasteiger partial charge is 0.459 e. The van der Waals surface area contributed by atoms with E-state index >= 15 is 0 Å². The molecule has 2 aliphatic heterocycles. The standard InChI is InChI=1S/C26H40O10/c1-13-4-7-18-25(2,15(13)6-5-14-16(28)11-34-23(14)33)9-8-19(29)26(18,3)12-35-24-22(32)21(31)20(30)17(10-27)36-24/h5,15-22,24,27-32H,1,4,6-12H2,2-3H3/b14-5+/t15-,16?,17-,18+,19-,20-,21+,22-,24-,25+,26+/m1/s1. The number of fused-ring (bicyclic) bond motifs is 1. The molecule has 2 heterocycles. The fraction of sp³-hybridized carbons (Fsp3) is 0.808. The molecule has 0 amide bonds. The van der Waals surface area contributed by atoms with Crippen LogP contribution in [0.25, 0.3) is 0 Å². The molecule has 0 aromatic rings. The first-order valence-corrected chi connectivity index (χ1v) is 12.8. The van der Waals surface area contributed by atoms with E-state index in [0.717, 1.165) is 24.8 Å². The first-order chi connectivity index (χ1) is 16.9. The number of carbonyl (C=O) groups excluding carboxylic acids is 1. The molecular formula is C26H40O10. The maximum Gasteiger partial charge on any atom is 0.336 e. The Kier molecular flexibility index (Phi) is 8.00. The lowest BCUT2D eigenvalue weighted by atomic mass is 9.46. The van der Waals surface area contributed by atoms with Gasteiger partial charge < -0.3 is 44.8 Å². The third-order valence-electron chi connectivity index (χ3n) is 9.30. The molecule has 0 bridgehead atoms. The minimum Gasteiger partial charge on any atom is -0.459 e. The van der Waals surface area contributed by atoms with Crippen molar-refractivity contribution < 1.29 is 49.6 Å². The summed E-state index contributed by atoms with van der Waals surface area (Å²) in [7, 11) is 0. The molecule has 1 unspecified atom stereocenters. The fourth-order valence-corrected chi connectivity index (χ4v) is 7.01. The summed E-state index contributed by atoms with van der Waals surface area (Å²) in [5, 5.41) is 61.3. The Hall–Kier alpha value is -1.37. The fourth-order valence-electron chi connectivity index (χ4n) is 7.01. The van der Waals surface area contributed by atoms with Crippen LogP contribution in [0.2, 0.25) is 0 Å². The molecule has 36 heavy (non-hydrogen) atoms. The smallest absolute Gasteiger partial charge is 0.336 e. The average Bonchev–Trinajstić information content (AvgIpc) is 3.16. The highest BCUT2D eigenvalue weighted by Crippen LogP contribution is 2.62. The average molecular weight is 513 g/mol. The Labute approximate surface area is 211 Å². The van der Waals surface area contributed by atoms with Gasteiger partial charge in [0, 0.05) is 5.41 Å². The van der Waals surface area contributed by atoms with Crippen LogP contribution in [0, 0.1) is 22.7 Å². The summed E-state index contributed by atoms with van der Waals surface area (Å²) < 4.78 is 16.4. The van der Waals surface area contributed by atoms with Crippen molar-refractivity contribution in [3.8, 4) is 0 Å². The lowest BCUT2D eigenvalue weighted by Gasteiger charge is -2.60. The van der Waals surface area contributed by atoms with E-state index in [-0.39, 0.29) is 36.0 Å². The third-order valence-corrected chi connectivity index (χ3v) is 9.30. The first-order valence-electron chi connectivity index (χ1n) is 12.8. The molecule has 4 rings (SSSR count). The van der Waals surface area contributed by atoms with E-state index < -0.39 is 60.9 Å². The van der Waals surface area contributed by atoms with Crippen LogP contribution in [0.5, 0.6) is 0 Å². The molecule has 6 N–H and O–H groups in total. The second kappa shape index (κ2) is 10.4. The number of aliphatic hydroxyl groups is 6. The van der Waals surface area contributed by atoms with Gasteiger partial charge in [-0.15, -0.1) is 0 Å². The number of hydrogen-bond donors (Lipinski definition) is 6. The van der Waals surface area contributed by atoms with Crippen molar-refractivity contribution in [1.29, 1.82) is 0 Å². The SMILES string of the molecule is C=C1CC[C@@H]2[C@](C)(CO[C@@H]3O[C@H](CO)[C@@H](O)[C@H](O)[C@H]3O)[C@H](O)CC[C@@]2(C)[C@@H]1C/C=C1/C(=O)OCC1O. The molecule has 2 aliphatic carbocycles. The van der Waals surface area contributed by atoms with Gasteiger partial charge in [0.05, 0.1) is 24.9 Å². The zero-order valence-electron chi connectivity index (χ0n) is 21.0. The molecular weight excluding hydrogens is 472 g/mol. The predicted molar refractivity (Wildman–Crippen MR) is 126 cm³/mol. The van der Waals surface area contributed by atoms with E-state index in [1.165, 1.54) is 0 Å². The number of aliphatic hydroxyl groups excluding tert-OH is 6. The van der Waals surface area contributed by atoms with Crippen molar-refractivity contribution >= 4 is 5.97 Å². The van der Waals surface area contributed by atoms with E-state index in [1.54, 1.807) is 6.08 Å². The van der Waals surface area contributed by atoms with Crippen LogP contribution >= 0.6 is 0 Å². The second-order valence-electron chi connectivity index (χ2n) is 11.4. The number of cyclic esters (lactones) is 1. The van der Waals surface area contributed by atoms with Crippen molar-refractivity contribution in [2.24, 2.45) is 22.7 Å². The first kappa shape index (κ1) is 27.7. The van der Waals surface area contributed by atoms with Crippen LogP contribution in [-0.2, 0) is 19.0 Å². The van der Waals surface area contributed by atoms with Crippen molar-refractivity contribution in [1.82, 2.24) is 0 Å². The minimum absolute atomic E-state index is 0.00740. The number of allylic oxidation sites excluding steroid dienone is 2. The molecule has 4 aliphatic rings. The van der Waals surface area contributed by atoms with Crippen molar-refractivity contribution in [2.45, 2.75) is 88.9 Å². The molecule has 204 valence electrons. The normalized spacial score (nSPS) is 48.7. The maximum absolute atomic E-state index is 12.0. The van der Waals surface area contributed by atoms with Crippen LogP contribution in [0.3, 0.4) is 0 Å². The quantitative estimate of drug-likeness (QED) is 0.159. The molecule has 2 saturated heterocycles. The molecule has 0 spiro atoms. The van der Waals surface area contributed by atoms with Gasteiger partial charge in [0.25, 0.3) is 0 Å². The molecule has 0 aromatic heterocycles. The summed E-state index contributed by atoms with van der Waals surface area (Å²) >= 11 is 0. The number of carbonyl (C=O) groups is 1. The monoisotopic (exact) mass is 512 g/mol. The Balaban J connectivity index is 1.54. The molecule has 0 radical (unpaired) electrons. The predicted octanol–water partition coefficient (Wildman–Crippen LogP) is -0.213. The molecule has 10 heteroatoms. The van der Waals surface area contributed by atoms with Gasteiger partial charge >= 0.3 is 5.97 Å². The Morgan fingerprint density at radius 1 is 1.11 bits per heavy atom.